The van der Waals surface area contributed by atoms with Crippen molar-refractivity contribution in [1.29, 1.82) is 0 Å². The minimum Gasteiger partial charge on any atom is -0.490 e. The third-order valence-electron chi connectivity index (χ3n) is 5.98. The lowest BCUT2D eigenvalue weighted by Crippen LogP contribution is -2.28. The first-order valence-electron chi connectivity index (χ1n) is 13.1. The van der Waals surface area contributed by atoms with Crippen molar-refractivity contribution in [3.8, 4) is 11.5 Å². The molecule has 1 fully saturated rings. The molecule has 0 spiro atoms. The van der Waals surface area contributed by atoms with Crippen molar-refractivity contribution in [3.63, 3.8) is 0 Å². The highest BCUT2D eigenvalue weighted by atomic mass is 35.5. The summed E-state index contributed by atoms with van der Waals surface area (Å²) in [6.07, 6.45) is 1.73. The van der Waals surface area contributed by atoms with Gasteiger partial charge in [0, 0.05) is 5.69 Å². The van der Waals surface area contributed by atoms with E-state index in [-0.39, 0.29) is 23.3 Å². The van der Waals surface area contributed by atoms with E-state index in [4.69, 9.17) is 49.3 Å². The second-order valence-corrected chi connectivity index (χ2v) is 11.3. The smallest absolute Gasteiger partial charge is 0.271 e. The Labute approximate surface area is 268 Å². The molecule has 0 saturated carbocycles. The number of anilines is 2. The molecule has 2 amide bonds. The molecule has 1 aliphatic heterocycles. The van der Waals surface area contributed by atoms with Gasteiger partial charge in [0.15, 0.2) is 23.3 Å². The molecule has 1 heterocycles. The van der Waals surface area contributed by atoms with E-state index in [1.807, 2.05) is 67.6 Å². The van der Waals surface area contributed by atoms with Crippen LogP contribution in [-0.4, -0.2) is 30.2 Å². The SMILES string of the molecule is CCOc1cc(/C=C2/SC(=Nc3ccccc3)N(c3ccccc3)C2=O)cc(Cl)c1OCC(=O)Nc1ccc(Cl)c(Cl)c1. The van der Waals surface area contributed by atoms with E-state index in [0.29, 0.717) is 49.4 Å². The largest absolute Gasteiger partial charge is 0.490 e. The fourth-order valence-corrected chi connectivity index (χ4v) is 5.67. The van der Waals surface area contributed by atoms with Crippen LogP contribution in [0, 0.1) is 0 Å². The molecule has 4 aromatic rings. The maximum atomic E-state index is 13.6. The zero-order valence-corrected chi connectivity index (χ0v) is 25.8. The highest BCUT2D eigenvalue weighted by Crippen LogP contribution is 2.41. The maximum absolute atomic E-state index is 13.6. The molecule has 1 aliphatic rings. The highest BCUT2D eigenvalue weighted by molar-refractivity contribution is 8.19. The highest BCUT2D eigenvalue weighted by Gasteiger charge is 2.34. The van der Waals surface area contributed by atoms with Gasteiger partial charge in [0.2, 0.25) is 0 Å². The van der Waals surface area contributed by atoms with Crippen LogP contribution in [0.2, 0.25) is 15.1 Å². The van der Waals surface area contributed by atoms with E-state index in [2.05, 4.69) is 5.32 Å². The van der Waals surface area contributed by atoms with Gasteiger partial charge < -0.3 is 14.8 Å². The standard InChI is InChI=1S/C32H24Cl3N3O4S/c1-2-41-27-16-20(15-26(35)30(27)42-19-29(39)36-22-13-14-24(33)25(34)18-22)17-28-31(40)38(23-11-7-4-8-12-23)32(43-28)37-21-9-5-3-6-10-21/h3-18H,2,19H2,1H3,(H,36,39)/b28-17+,37-32?. The molecule has 1 N–H and O–H groups in total. The molecule has 11 heteroatoms. The first kappa shape index (κ1) is 30.5. The summed E-state index contributed by atoms with van der Waals surface area (Å²) in [5.74, 6) is -0.114. The Bertz CT molecular complexity index is 1720. The fraction of sp³-hybridized carbons (Fsp3) is 0.0938. The molecule has 0 atom stereocenters. The van der Waals surface area contributed by atoms with Gasteiger partial charge in [0.05, 0.1) is 38.0 Å². The second kappa shape index (κ2) is 14.0. The topological polar surface area (TPSA) is 80.2 Å². The van der Waals surface area contributed by atoms with Crippen molar-refractivity contribution in [1.82, 2.24) is 0 Å². The number of amidine groups is 1. The summed E-state index contributed by atoms with van der Waals surface area (Å²) in [6.45, 7) is 1.81. The number of nitrogens with one attached hydrogen (secondary N) is 1. The number of para-hydroxylation sites is 2. The summed E-state index contributed by atoms with van der Waals surface area (Å²) in [7, 11) is 0. The summed E-state index contributed by atoms with van der Waals surface area (Å²) in [4.78, 5) is 33.0. The number of carbonyl (C=O) groups excluding carboxylic acids is 2. The monoisotopic (exact) mass is 651 g/mol. The van der Waals surface area contributed by atoms with Crippen molar-refractivity contribution in [3.05, 3.63) is 117 Å². The average Bonchev–Trinajstić information content (AvgIpc) is 3.29. The molecule has 0 aliphatic carbocycles. The van der Waals surface area contributed by atoms with Gasteiger partial charge in [-0.2, -0.15) is 0 Å². The minimum atomic E-state index is -0.428. The first-order valence-corrected chi connectivity index (χ1v) is 15.0. The van der Waals surface area contributed by atoms with E-state index < -0.39 is 5.91 Å². The number of nitrogens with zero attached hydrogens (tertiary/aromatic N) is 2. The molecule has 0 bridgehead atoms. The van der Waals surface area contributed by atoms with Crippen LogP contribution in [0.4, 0.5) is 17.1 Å². The van der Waals surface area contributed by atoms with Gasteiger partial charge in [-0.3, -0.25) is 14.5 Å². The van der Waals surface area contributed by atoms with Gasteiger partial charge in [0.1, 0.15) is 0 Å². The number of rotatable bonds is 9. The molecule has 1 saturated heterocycles. The first-order chi connectivity index (χ1) is 20.8. The Balaban J connectivity index is 1.39. The Morgan fingerprint density at radius 1 is 0.907 bits per heavy atom. The molecule has 43 heavy (non-hydrogen) atoms. The van der Waals surface area contributed by atoms with Gasteiger partial charge in [-0.15, -0.1) is 0 Å². The fourth-order valence-electron chi connectivity index (χ4n) is 4.10. The zero-order chi connectivity index (χ0) is 30.3. The van der Waals surface area contributed by atoms with Crippen molar-refractivity contribution in [2.45, 2.75) is 6.92 Å². The minimum absolute atomic E-state index is 0.206. The summed E-state index contributed by atoms with van der Waals surface area (Å²) in [6, 6.07) is 26.9. The van der Waals surface area contributed by atoms with Crippen LogP contribution in [0.5, 0.6) is 11.5 Å². The van der Waals surface area contributed by atoms with E-state index in [9.17, 15) is 9.59 Å². The van der Waals surface area contributed by atoms with Crippen molar-refractivity contribution >= 4 is 86.7 Å². The number of hydrogen-bond donors (Lipinski definition) is 1. The second-order valence-electron chi connectivity index (χ2n) is 9.05. The van der Waals surface area contributed by atoms with E-state index >= 15 is 0 Å². The summed E-state index contributed by atoms with van der Waals surface area (Å²) < 4.78 is 11.6. The molecule has 0 radical (unpaired) electrons. The zero-order valence-electron chi connectivity index (χ0n) is 22.7. The van der Waals surface area contributed by atoms with Crippen molar-refractivity contribution in [2.24, 2.45) is 4.99 Å². The predicted molar refractivity (Wildman–Crippen MR) is 176 cm³/mol. The number of aliphatic imine (C=N–C) groups is 1. The van der Waals surface area contributed by atoms with Crippen LogP contribution in [0.1, 0.15) is 12.5 Å². The maximum Gasteiger partial charge on any atom is 0.271 e. The molecule has 5 rings (SSSR count). The number of ether oxygens (including phenoxy) is 2. The third kappa shape index (κ3) is 7.53. The lowest BCUT2D eigenvalue weighted by Gasteiger charge is -2.15. The summed E-state index contributed by atoms with van der Waals surface area (Å²) >= 11 is 19.8. The lowest BCUT2D eigenvalue weighted by atomic mass is 10.1. The van der Waals surface area contributed by atoms with Crippen LogP contribution in [0.25, 0.3) is 6.08 Å². The summed E-state index contributed by atoms with van der Waals surface area (Å²) in [5, 5.41) is 4.13. The molecule has 7 nitrogen and oxygen atoms in total. The number of halogens is 3. The van der Waals surface area contributed by atoms with Gasteiger partial charge in [-0.05, 0) is 84.9 Å². The van der Waals surface area contributed by atoms with E-state index in [1.54, 1.807) is 41.3 Å². The normalized spacial score (nSPS) is 14.8. The van der Waals surface area contributed by atoms with Crippen LogP contribution in [0.15, 0.2) is 101 Å². The quantitative estimate of drug-likeness (QED) is 0.183. The number of carbonyl (C=O) groups is 2. The molecule has 0 unspecified atom stereocenters. The van der Waals surface area contributed by atoms with E-state index in [1.165, 1.54) is 11.8 Å². The van der Waals surface area contributed by atoms with Crippen LogP contribution < -0.4 is 19.7 Å². The van der Waals surface area contributed by atoms with Gasteiger partial charge >= 0.3 is 0 Å². The molecular weight excluding hydrogens is 629 g/mol. The average molecular weight is 653 g/mol. The van der Waals surface area contributed by atoms with Gasteiger partial charge in [-0.25, -0.2) is 4.99 Å². The van der Waals surface area contributed by atoms with Gasteiger partial charge in [0.25, 0.3) is 11.8 Å². The van der Waals surface area contributed by atoms with Crippen LogP contribution in [-0.2, 0) is 9.59 Å². The van der Waals surface area contributed by atoms with Crippen molar-refractivity contribution in [2.75, 3.05) is 23.4 Å². The predicted octanol–water partition coefficient (Wildman–Crippen LogP) is 8.87. The van der Waals surface area contributed by atoms with Gasteiger partial charge in [-0.1, -0.05) is 71.2 Å². The van der Waals surface area contributed by atoms with Crippen LogP contribution >= 0.6 is 46.6 Å². The number of thioether (sulfide) groups is 1. The number of benzene rings is 4. The summed E-state index contributed by atoms with van der Waals surface area (Å²) in [5.41, 5.74) is 2.52. The number of amides is 2. The van der Waals surface area contributed by atoms with E-state index in [0.717, 1.165) is 5.69 Å². The molecule has 0 aromatic heterocycles. The number of hydrogen-bond acceptors (Lipinski definition) is 6. The Morgan fingerprint density at radius 3 is 2.33 bits per heavy atom. The molecule has 4 aromatic carbocycles. The Morgan fingerprint density at radius 2 is 1.63 bits per heavy atom. The van der Waals surface area contributed by atoms with Crippen LogP contribution in [0.3, 0.4) is 0 Å². The third-order valence-corrected chi connectivity index (χ3v) is 7.97. The molecule has 218 valence electrons. The Kier molecular flexibility index (Phi) is 9.94. The van der Waals surface area contributed by atoms with Crippen molar-refractivity contribution < 1.29 is 19.1 Å². The molecular formula is C32H24Cl3N3O4S. The lowest BCUT2D eigenvalue weighted by molar-refractivity contribution is -0.118. The Hall–Kier alpha value is -3.95.